The Labute approximate surface area is 98.4 Å². The van der Waals surface area contributed by atoms with Gasteiger partial charge in [-0.2, -0.15) is 0 Å². The van der Waals surface area contributed by atoms with Crippen LogP contribution in [-0.2, 0) is 6.54 Å². The first-order valence-electron chi connectivity index (χ1n) is 6.31. The molecule has 0 bridgehead atoms. The smallest absolute Gasteiger partial charge is 0.0178 e. The lowest BCUT2D eigenvalue weighted by Crippen LogP contribution is -2.24. The van der Waals surface area contributed by atoms with Gasteiger partial charge in [0.1, 0.15) is 0 Å². The maximum absolute atomic E-state index is 5.67. The van der Waals surface area contributed by atoms with E-state index in [1.807, 2.05) is 0 Å². The van der Waals surface area contributed by atoms with Crippen molar-refractivity contribution in [2.45, 2.75) is 32.2 Å². The summed E-state index contributed by atoms with van der Waals surface area (Å²) in [4.78, 5) is 2.57. The molecule has 0 saturated carbocycles. The number of benzene rings is 1. The van der Waals surface area contributed by atoms with E-state index in [4.69, 9.17) is 5.73 Å². The quantitative estimate of drug-likeness (QED) is 0.840. The van der Waals surface area contributed by atoms with Gasteiger partial charge in [0, 0.05) is 13.1 Å². The average molecular weight is 218 g/mol. The van der Waals surface area contributed by atoms with Crippen molar-refractivity contribution < 1.29 is 0 Å². The summed E-state index contributed by atoms with van der Waals surface area (Å²) in [5.41, 5.74) is 8.34. The van der Waals surface area contributed by atoms with Crippen molar-refractivity contribution in [3.05, 3.63) is 35.4 Å². The van der Waals surface area contributed by atoms with Gasteiger partial charge in [-0.3, -0.25) is 0 Å². The number of hydrogen-bond donors (Lipinski definition) is 1. The number of nitrogens with two attached hydrogens (primary N) is 1. The van der Waals surface area contributed by atoms with Crippen LogP contribution in [0.3, 0.4) is 0 Å². The first-order chi connectivity index (χ1) is 7.79. The maximum atomic E-state index is 5.67. The third-order valence-corrected chi connectivity index (χ3v) is 3.49. The van der Waals surface area contributed by atoms with Crippen LogP contribution in [-0.4, -0.2) is 24.5 Å². The molecule has 2 N–H and O–H groups in total. The van der Waals surface area contributed by atoms with E-state index < -0.39 is 0 Å². The Balaban J connectivity index is 1.98. The first kappa shape index (κ1) is 11.6. The number of nitrogens with zero attached hydrogens (tertiary/aromatic N) is 1. The Bertz CT molecular complexity index is 329. The van der Waals surface area contributed by atoms with Crippen LogP contribution < -0.4 is 5.73 Å². The summed E-state index contributed by atoms with van der Waals surface area (Å²) in [5, 5.41) is 0. The van der Waals surface area contributed by atoms with E-state index in [0.717, 1.165) is 0 Å². The molecule has 0 aromatic heterocycles. The number of rotatable bonds is 4. The summed E-state index contributed by atoms with van der Waals surface area (Å²) in [6.07, 6.45) is 2.74. The van der Waals surface area contributed by atoms with Crippen LogP contribution in [0.2, 0.25) is 0 Å². The largest absolute Gasteiger partial charge is 0.326 e. The second-order valence-corrected chi connectivity index (χ2v) is 4.86. The summed E-state index contributed by atoms with van der Waals surface area (Å²) in [7, 11) is 0. The van der Waals surface area contributed by atoms with Crippen LogP contribution in [0.25, 0.3) is 0 Å². The molecule has 0 spiro atoms. The fourth-order valence-electron chi connectivity index (χ4n) is 2.48. The van der Waals surface area contributed by atoms with Crippen molar-refractivity contribution in [1.29, 1.82) is 0 Å². The van der Waals surface area contributed by atoms with Gasteiger partial charge >= 0.3 is 0 Å². The van der Waals surface area contributed by atoms with Crippen LogP contribution in [0.15, 0.2) is 24.3 Å². The molecular weight excluding hydrogens is 196 g/mol. The highest BCUT2D eigenvalue weighted by molar-refractivity contribution is 5.26. The minimum absolute atomic E-state index is 0.615. The van der Waals surface area contributed by atoms with Gasteiger partial charge in [0.2, 0.25) is 0 Å². The fourth-order valence-corrected chi connectivity index (χ4v) is 2.48. The molecule has 1 aliphatic heterocycles. The van der Waals surface area contributed by atoms with Gasteiger partial charge in [0.25, 0.3) is 0 Å². The minimum atomic E-state index is 0.615. The zero-order valence-corrected chi connectivity index (χ0v) is 10.2. The highest BCUT2D eigenvalue weighted by Crippen LogP contribution is 2.20. The van der Waals surface area contributed by atoms with Gasteiger partial charge in [-0.1, -0.05) is 31.2 Å². The van der Waals surface area contributed by atoms with Gasteiger partial charge in [0.15, 0.2) is 0 Å². The molecule has 1 unspecified atom stereocenters. The summed E-state index contributed by atoms with van der Waals surface area (Å²) in [6.45, 7) is 6.70. The molecule has 1 atom stereocenters. The molecule has 1 fully saturated rings. The molecule has 0 aliphatic carbocycles. The molecule has 1 aliphatic rings. The highest BCUT2D eigenvalue weighted by atomic mass is 15.1. The van der Waals surface area contributed by atoms with Crippen molar-refractivity contribution in [1.82, 2.24) is 4.90 Å². The van der Waals surface area contributed by atoms with Crippen molar-refractivity contribution in [2.24, 2.45) is 5.73 Å². The van der Waals surface area contributed by atoms with E-state index in [1.165, 1.54) is 43.6 Å². The predicted molar refractivity (Wildman–Crippen MR) is 68.4 cm³/mol. The monoisotopic (exact) mass is 218 g/mol. The molecule has 2 nitrogen and oxygen atoms in total. The third kappa shape index (κ3) is 2.83. The Morgan fingerprint density at radius 1 is 1.31 bits per heavy atom. The van der Waals surface area contributed by atoms with Crippen molar-refractivity contribution >= 4 is 0 Å². The van der Waals surface area contributed by atoms with Gasteiger partial charge in [-0.25, -0.2) is 0 Å². The number of likely N-dealkylation sites (tertiary alicyclic amines) is 1. The lowest BCUT2D eigenvalue weighted by molar-refractivity contribution is 0.320. The molecule has 0 radical (unpaired) electrons. The van der Waals surface area contributed by atoms with Crippen molar-refractivity contribution in [3.63, 3.8) is 0 Å². The van der Waals surface area contributed by atoms with Crippen LogP contribution in [0.5, 0.6) is 0 Å². The normalized spacial score (nSPS) is 18.9. The summed E-state index contributed by atoms with van der Waals surface area (Å²) < 4.78 is 0. The van der Waals surface area contributed by atoms with Gasteiger partial charge < -0.3 is 10.6 Å². The Hall–Kier alpha value is -0.860. The van der Waals surface area contributed by atoms with E-state index in [2.05, 4.69) is 36.1 Å². The van der Waals surface area contributed by atoms with Crippen LogP contribution >= 0.6 is 0 Å². The van der Waals surface area contributed by atoms with Crippen molar-refractivity contribution in [2.75, 3.05) is 19.6 Å². The molecule has 0 amide bonds. The third-order valence-electron chi connectivity index (χ3n) is 3.49. The van der Waals surface area contributed by atoms with E-state index in [0.29, 0.717) is 12.5 Å². The predicted octanol–water partition coefficient (Wildman–Crippen LogP) is 2.34. The Morgan fingerprint density at radius 3 is 2.75 bits per heavy atom. The molecule has 1 heterocycles. The van der Waals surface area contributed by atoms with Crippen LogP contribution in [0, 0.1) is 0 Å². The lowest BCUT2D eigenvalue weighted by atomic mass is 9.98. The number of hydrogen-bond acceptors (Lipinski definition) is 2. The van der Waals surface area contributed by atoms with Crippen LogP contribution in [0.4, 0.5) is 0 Å². The lowest BCUT2D eigenvalue weighted by Gasteiger charge is -2.20. The van der Waals surface area contributed by atoms with E-state index in [9.17, 15) is 0 Å². The summed E-state index contributed by atoms with van der Waals surface area (Å²) >= 11 is 0. The average Bonchev–Trinajstić information content (AvgIpc) is 2.82. The Morgan fingerprint density at radius 2 is 2.06 bits per heavy atom. The molecule has 1 aromatic carbocycles. The van der Waals surface area contributed by atoms with E-state index >= 15 is 0 Å². The fraction of sp³-hybridized carbons (Fsp3) is 0.571. The second kappa shape index (κ2) is 5.46. The second-order valence-electron chi connectivity index (χ2n) is 4.86. The molecule has 16 heavy (non-hydrogen) atoms. The van der Waals surface area contributed by atoms with E-state index in [-0.39, 0.29) is 0 Å². The van der Waals surface area contributed by atoms with Gasteiger partial charge in [-0.05, 0) is 43.0 Å². The van der Waals surface area contributed by atoms with Crippen molar-refractivity contribution in [3.8, 4) is 0 Å². The summed E-state index contributed by atoms with van der Waals surface area (Å²) in [6, 6.07) is 8.70. The zero-order valence-electron chi connectivity index (χ0n) is 10.2. The van der Waals surface area contributed by atoms with Gasteiger partial charge in [-0.15, -0.1) is 0 Å². The molecule has 88 valence electrons. The minimum Gasteiger partial charge on any atom is -0.326 e. The first-order valence-corrected chi connectivity index (χ1v) is 6.31. The molecule has 1 aromatic rings. The zero-order chi connectivity index (χ0) is 11.4. The van der Waals surface area contributed by atoms with Gasteiger partial charge in [0.05, 0.1) is 0 Å². The van der Waals surface area contributed by atoms with E-state index in [1.54, 1.807) is 0 Å². The molecule has 2 rings (SSSR count). The summed E-state index contributed by atoms with van der Waals surface area (Å²) in [5.74, 6) is 0.615. The maximum Gasteiger partial charge on any atom is 0.0178 e. The topological polar surface area (TPSA) is 29.3 Å². The standard InChI is InChI=1S/C14H22N2/c1-12(11-16-7-2-3-8-16)14-6-4-5-13(9-14)10-15/h4-6,9,12H,2-3,7-8,10-11,15H2,1H3. The Kier molecular flexibility index (Phi) is 3.97. The molecule has 1 saturated heterocycles. The highest BCUT2D eigenvalue weighted by Gasteiger charge is 2.15. The van der Waals surface area contributed by atoms with Crippen LogP contribution in [0.1, 0.15) is 36.8 Å². The SMILES string of the molecule is CC(CN1CCCC1)c1cccc(CN)c1. The molecular formula is C14H22N2. The molecule has 2 heteroatoms.